The Hall–Kier alpha value is -2.83. The molecule has 23 heavy (non-hydrogen) atoms. The van der Waals surface area contributed by atoms with Gasteiger partial charge in [0, 0.05) is 0 Å². The summed E-state index contributed by atoms with van der Waals surface area (Å²) in [6.45, 7) is 5.61. The van der Waals surface area contributed by atoms with Crippen molar-refractivity contribution in [3.63, 3.8) is 0 Å². The van der Waals surface area contributed by atoms with Crippen molar-refractivity contribution in [1.82, 2.24) is 4.98 Å². The topological polar surface area (TPSA) is 90.7 Å². The van der Waals surface area contributed by atoms with Gasteiger partial charge in [0.2, 0.25) is 0 Å². The standard InChI is InChI=1S/C16H18N2O5/c1-4-21-15(20)12-8-23-16(17-12)18-14(19)9-22-13-7-5-6-10(2)11(13)3/h5-8H,4,9H2,1-3H3,(H,17,18,19). The number of aryl methyl sites for hydroxylation is 1. The molecule has 1 heterocycles. The molecule has 0 fully saturated rings. The summed E-state index contributed by atoms with van der Waals surface area (Å²) in [6, 6.07) is 5.53. The zero-order valence-electron chi connectivity index (χ0n) is 13.2. The molecule has 2 aromatic rings. The van der Waals surface area contributed by atoms with Crippen LogP contribution in [0, 0.1) is 13.8 Å². The predicted molar refractivity (Wildman–Crippen MR) is 82.5 cm³/mol. The minimum atomic E-state index is -0.608. The Labute approximate surface area is 133 Å². The summed E-state index contributed by atoms with van der Waals surface area (Å²) in [4.78, 5) is 27.1. The van der Waals surface area contributed by atoms with Gasteiger partial charge < -0.3 is 13.9 Å². The Morgan fingerprint density at radius 2 is 2.09 bits per heavy atom. The van der Waals surface area contributed by atoms with Crippen LogP contribution in [-0.4, -0.2) is 30.1 Å². The van der Waals surface area contributed by atoms with E-state index >= 15 is 0 Å². The molecule has 0 aliphatic heterocycles. The van der Waals surface area contributed by atoms with Gasteiger partial charge in [-0.15, -0.1) is 0 Å². The predicted octanol–water partition coefficient (Wildman–Crippen LogP) is 2.49. The van der Waals surface area contributed by atoms with E-state index in [1.54, 1.807) is 13.0 Å². The van der Waals surface area contributed by atoms with Crippen LogP contribution in [0.15, 0.2) is 28.9 Å². The third-order valence-electron chi connectivity index (χ3n) is 3.15. The van der Waals surface area contributed by atoms with Gasteiger partial charge in [0.05, 0.1) is 6.61 Å². The molecule has 0 radical (unpaired) electrons. The van der Waals surface area contributed by atoms with Crippen LogP contribution in [0.5, 0.6) is 5.75 Å². The fourth-order valence-corrected chi connectivity index (χ4v) is 1.81. The third kappa shape index (κ3) is 4.32. The number of ether oxygens (including phenoxy) is 2. The fraction of sp³-hybridized carbons (Fsp3) is 0.312. The summed E-state index contributed by atoms with van der Waals surface area (Å²) < 4.78 is 15.2. The molecule has 2 rings (SSSR count). The number of carbonyl (C=O) groups excluding carboxylic acids is 2. The number of benzene rings is 1. The van der Waals surface area contributed by atoms with E-state index in [-0.39, 0.29) is 24.9 Å². The molecule has 0 saturated carbocycles. The number of hydrogen-bond acceptors (Lipinski definition) is 6. The van der Waals surface area contributed by atoms with Crippen molar-refractivity contribution in [2.45, 2.75) is 20.8 Å². The van der Waals surface area contributed by atoms with E-state index in [1.807, 2.05) is 26.0 Å². The summed E-state index contributed by atoms with van der Waals surface area (Å²) in [5.41, 5.74) is 2.05. The van der Waals surface area contributed by atoms with Crippen molar-refractivity contribution >= 4 is 17.9 Å². The summed E-state index contributed by atoms with van der Waals surface area (Å²) >= 11 is 0. The van der Waals surface area contributed by atoms with Gasteiger partial charge in [-0.05, 0) is 38.0 Å². The highest BCUT2D eigenvalue weighted by Gasteiger charge is 2.15. The van der Waals surface area contributed by atoms with E-state index in [9.17, 15) is 9.59 Å². The van der Waals surface area contributed by atoms with Gasteiger partial charge in [0.15, 0.2) is 12.3 Å². The number of nitrogens with one attached hydrogen (secondary N) is 1. The number of rotatable bonds is 6. The largest absolute Gasteiger partial charge is 0.483 e. The molecule has 7 heteroatoms. The lowest BCUT2D eigenvalue weighted by Crippen LogP contribution is -2.20. The van der Waals surface area contributed by atoms with E-state index in [4.69, 9.17) is 13.9 Å². The maximum Gasteiger partial charge on any atom is 0.360 e. The van der Waals surface area contributed by atoms with Gasteiger partial charge in [0.25, 0.3) is 5.91 Å². The second-order valence-electron chi connectivity index (χ2n) is 4.79. The van der Waals surface area contributed by atoms with Gasteiger partial charge in [0.1, 0.15) is 12.0 Å². The van der Waals surface area contributed by atoms with E-state index in [1.165, 1.54) is 0 Å². The number of hydrogen-bond donors (Lipinski definition) is 1. The third-order valence-corrected chi connectivity index (χ3v) is 3.15. The van der Waals surface area contributed by atoms with E-state index in [0.29, 0.717) is 5.75 Å². The minimum Gasteiger partial charge on any atom is -0.483 e. The van der Waals surface area contributed by atoms with Crippen LogP contribution in [0.2, 0.25) is 0 Å². The molecule has 1 aromatic heterocycles. The quantitative estimate of drug-likeness (QED) is 0.823. The van der Waals surface area contributed by atoms with E-state index < -0.39 is 11.9 Å². The van der Waals surface area contributed by atoms with Crippen LogP contribution in [-0.2, 0) is 9.53 Å². The second kappa shape index (κ2) is 7.44. The van der Waals surface area contributed by atoms with Crippen LogP contribution in [0.1, 0.15) is 28.5 Å². The van der Waals surface area contributed by atoms with Crippen molar-refractivity contribution in [2.24, 2.45) is 0 Å². The molecule has 0 unspecified atom stereocenters. The smallest absolute Gasteiger partial charge is 0.360 e. The summed E-state index contributed by atoms with van der Waals surface area (Å²) in [7, 11) is 0. The van der Waals surface area contributed by atoms with E-state index in [2.05, 4.69) is 10.3 Å². The molecular formula is C16H18N2O5. The Morgan fingerprint density at radius 3 is 2.83 bits per heavy atom. The van der Waals surface area contributed by atoms with Crippen LogP contribution < -0.4 is 10.1 Å². The number of carbonyl (C=O) groups is 2. The van der Waals surface area contributed by atoms with Gasteiger partial charge in [-0.2, -0.15) is 4.98 Å². The number of esters is 1. The van der Waals surface area contributed by atoms with Crippen LogP contribution in [0.3, 0.4) is 0 Å². The summed E-state index contributed by atoms with van der Waals surface area (Å²) in [5.74, 6) is -0.411. The first-order valence-electron chi connectivity index (χ1n) is 7.12. The highest BCUT2D eigenvalue weighted by atomic mass is 16.5. The molecule has 0 aliphatic carbocycles. The Morgan fingerprint density at radius 1 is 1.30 bits per heavy atom. The molecule has 0 atom stereocenters. The molecule has 122 valence electrons. The zero-order chi connectivity index (χ0) is 16.8. The average molecular weight is 318 g/mol. The highest BCUT2D eigenvalue weighted by Crippen LogP contribution is 2.20. The zero-order valence-corrected chi connectivity index (χ0v) is 13.2. The Balaban J connectivity index is 1.90. The lowest BCUT2D eigenvalue weighted by Gasteiger charge is -2.09. The molecule has 0 aliphatic rings. The molecular weight excluding hydrogens is 300 g/mol. The minimum absolute atomic E-state index is 0.00223. The van der Waals surface area contributed by atoms with Crippen molar-refractivity contribution < 1.29 is 23.5 Å². The Kier molecular flexibility index (Phi) is 5.35. The first kappa shape index (κ1) is 16.5. The summed E-state index contributed by atoms with van der Waals surface area (Å²) in [6.07, 6.45) is 1.12. The maximum atomic E-state index is 11.8. The SMILES string of the molecule is CCOC(=O)c1coc(NC(=O)COc2cccc(C)c2C)n1. The van der Waals surface area contributed by atoms with Gasteiger partial charge in [-0.25, -0.2) is 4.79 Å². The van der Waals surface area contributed by atoms with Crippen molar-refractivity contribution in [3.8, 4) is 5.75 Å². The first-order chi connectivity index (χ1) is 11.0. The lowest BCUT2D eigenvalue weighted by atomic mass is 10.1. The first-order valence-corrected chi connectivity index (χ1v) is 7.12. The Bertz CT molecular complexity index is 708. The van der Waals surface area contributed by atoms with Crippen LogP contribution >= 0.6 is 0 Å². The normalized spacial score (nSPS) is 10.2. The number of amides is 1. The monoisotopic (exact) mass is 318 g/mol. The number of aromatic nitrogens is 1. The van der Waals surface area contributed by atoms with Gasteiger partial charge >= 0.3 is 12.0 Å². The molecule has 7 nitrogen and oxygen atoms in total. The van der Waals surface area contributed by atoms with Gasteiger partial charge in [-0.3, -0.25) is 10.1 Å². The van der Waals surface area contributed by atoms with Crippen LogP contribution in [0.4, 0.5) is 6.01 Å². The lowest BCUT2D eigenvalue weighted by molar-refractivity contribution is -0.118. The molecule has 0 spiro atoms. The van der Waals surface area contributed by atoms with Crippen molar-refractivity contribution in [2.75, 3.05) is 18.5 Å². The number of anilines is 1. The highest BCUT2D eigenvalue weighted by molar-refractivity contribution is 5.91. The maximum absolute atomic E-state index is 11.8. The van der Waals surface area contributed by atoms with Crippen LogP contribution in [0.25, 0.3) is 0 Å². The fourth-order valence-electron chi connectivity index (χ4n) is 1.81. The van der Waals surface area contributed by atoms with Gasteiger partial charge in [-0.1, -0.05) is 12.1 Å². The van der Waals surface area contributed by atoms with E-state index in [0.717, 1.165) is 17.4 Å². The number of nitrogens with zero attached hydrogens (tertiary/aromatic N) is 1. The average Bonchev–Trinajstić information content (AvgIpc) is 2.97. The summed E-state index contributed by atoms with van der Waals surface area (Å²) in [5, 5.41) is 2.41. The van der Waals surface area contributed by atoms with Crippen molar-refractivity contribution in [3.05, 3.63) is 41.3 Å². The van der Waals surface area contributed by atoms with Crippen molar-refractivity contribution in [1.29, 1.82) is 0 Å². The molecule has 1 amide bonds. The second-order valence-corrected chi connectivity index (χ2v) is 4.79. The molecule has 0 bridgehead atoms. The molecule has 1 aromatic carbocycles. The molecule has 0 saturated heterocycles. The number of oxazole rings is 1. The molecule has 1 N–H and O–H groups in total.